The summed E-state index contributed by atoms with van der Waals surface area (Å²) < 4.78 is 0. The van der Waals surface area contributed by atoms with Crippen LogP contribution in [-0.2, 0) is 0 Å². The van der Waals surface area contributed by atoms with E-state index in [4.69, 9.17) is 0 Å². The fraction of sp³-hybridized carbons (Fsp3) is 0.724. The zero-order chi connectivity index (χ0) is 20.5. The van der Waals surface area contributed by atoms with E-state index >= 15 is 0 Å². The lowest BCUT2D eigenvalue weighted by molar-refractivity contribution is 0.522. The molecule has 1 rings (SSSR count). The highest BCUT2D eigenvalue weighted by molar-refractivity contribution is 5.15. The minimum Gasteiger partial charge on any atom is -0.0845 e. The first-order valence-corrected chi connectivity index (χ1v) is 13.1. The lowest BCUT2D eigenvalue weighted by Crippen LogP contribution is -1.84. The van der Waals surface area contributed by atoms with Gasteiger partial charge in [-0.05, 0) is 25.7 Å². The van der Waals surface area contributed by atoms with Gasteiger partial charge in [0.1, 0.15) is 0 Å². The van der Waals surface area contributed by atoms with Crippen LogP contribution in [0.4, 0.5) is 0 Å². The maximum Gasteiger partial charge on any atom is -0.0348 e. The third-order valence-electron chi connectivity index (χ3n) is 6.07. The largest absolute Gasteiger partial charge is 0.0845 e. The second kappa shape index (κ2) is 23.2. The van der Waals surface area contributed by atoms with Crippen molar-refractivity contribution < 1.29 is 0 Å². The molecule has 0 unspecified atom stereocenters. The molecule has 0 aliphatic heterocycles. The molecule has 0 saturated carbocycles. The summed E-state index contributed by atoms with van der Waals surface area (Å²) in [5.74, 6) is 0. The molecule has 0 nitrogen and oxygen atoms in total. The van der Waals surface area contributed by atoms with Crippen molar-refractivity contribution in [2.75, 3.05) is 0 Å². The summed E-state index contributed by atoms with van der Waals surface area (Å²) in [5.41, 5.74) is 0. The third kappa shape index (κ3) is 21.5. The average Bonchev–Trinajstić information content (AvgIpc) is 2.73. The van der Waals surface area contributed by atoms with E-state index in [0.29, 0.717) is 0 Å². The quantitative estimate of drug-likeness (QED) is 0.380. The topological polar surface area (TPSA) is 0 Å². The van der Waals surface area contributed by atoms with Crippen LogP contribution in [0.2, 0.25) is 0 Å². The SMILES string of the molecule is C1=CCCCCCCCCCCCCCCCCCCCCC/C=C/C=C\C=C/1. The predicted octanol–water partition coefficient (Wildman–Crippen LogP) is 10.4. The molecule has 0 bridgehead atoms. The van der Waals surface area contributed by atoms with Gasteiger partial charge in [-0.1, -0.05) is 158 Å². The van der Waals surface area contributed by atoms with E-state index in [2.05, 4.69) is 48.6 Å². The van der Waals surface area contributed by atoms with Crippen molar-refractivity contribution in [2.24, 2.45) is 0 Å². The van der Waals surface area contributed by atoms with E-state index in [-0.39, 0.29) is 0 Å². The summed E-state index contributed by atoms with van der Waals surface area (Å²) in [7, 11) is 0. The first-order chi connectivity index (χ1) is 14.5. The van der Waals surface area contributed by atoms with E-state index in [1.807, 2.05) is 0 Å². The van der Waals surface area contributed by atoms with Gasteiger partial charge in [0, 0.05) is 0 Å². The molecule has 1 aliphatic carbocycles. The zero-order valence-electron chi connectivity index (χ0n) is 19.5. The summed E-state index contributed by atoms with van der Waals surface area (Å²) >= 11 is 0. The monoisotopic (exact) mass is 398 g/mol. The van der Waals surface area contributed by atoms with Gasteiger partial charge in [0.25, 0.3) is 0 Å². The van der Waals surface area contributed by atoms with Crippen molar-refractivity contribution in [3.05, 3.63) is 48.6 Å². The van der Waals surface area contributed by atoms with Crippen LogP contribution in [0.1, 0.15) is 135 Å². The Morgan fingerprint density at radius 2 is 0.414 bits per heavy atom. The molecule has 0 heteroatoms. The second-order valence-electron chi connectivity index (χ2n) is 8.92. The van der Waals surface area contributed by atoms with Crippen molar-refractivity contribution in [1.82, 2.24) is 0 Å². The summed E-state index contributed by atoms with van der Waals surface area (Å²) in [4.78, 5) is 0. The van der Waals surface area contributed by atoms with Gasteiger partial charge in [0.05, 0.1) is 0 Å². The Labute approximate surface area is 183 Å². The lowest BCUT2D eigenvalue weighted by Gasteiger charge is -2.04. The molecule has 0 N–H and O–H groups in total. The molecular weight excluding hydrogens is 348 g/mol. The molecule has 29 heavy (non-hydrogen) atoms. The van der Waals surface area contributed by atoms with Gasteiger partial charge in [0.15, 0.2) is 0 Å². The Hall–Kier alpha value is -1.04. The highest BCUT2D eigenvalue weighted by Gasteiger charge is 1.95. The van der Waals surface area contributed by atoms with E-state index < -0.39 is 0 Å². The minimum absolute atomic E-state index is 1.23. The molecule has 0 atom stereocenters. The molecule has 0 fully saturated rings. The van der Waals surface area contributed by atoms with Crippen LogP contribution in [0.5, 0.6) is 0 Å². The highest BCUT2D eigenvalue weighted by atomic mass is 14.0. The molecule has 0 aromatic carbocycles. The van der Waals surface area contributed by atoms with Crippen LogP contribution in [-0.4, -0.2) is 0 Å². The Kier molecular flexibility index (Phi) is 20.8. The average molecular weight is 399 g/mol. The molecule has 0 radical (unpaired) electrons. The fourth-order valence-corrected chi connectivity index (χ4v) is 4.14. The van der Waals surface area contributed by atoms with Gasteiger partial charge in [0.2, 0.25) is 0 Å². The van der Waals surface area contributed by atoms with Crippen LogP contribution in [0.25, 0.3) is 0 Å². The molecule has 0 amide bonds. The standard InChI is InChI=1S/C29H50/c1-2-4-6-8-10-12-14-16-18-20-22-24-26-28-29-27-25-23-21-19-17-15-13-11-9-7-5-3-1/h1-8H,9-29H2/b3-1-,4-2-,7-5+,8-6?. The molecule has 0 aromatic heterocycles. The Balaban J connectivity index is 2.16. The molecule has 0 aromatic rings. The van der Waals surface area contributed by atoms with Crippen LogP contribution in [0, 0.1) is 0 Å². The van der Waals surface area contributed by atoms with Crippen LogP contribution >= 0.6 is 0 Å². The van der Waals surface area contributed by atoms with E-state index in [1.54, 1.807) is 0 Å². The Morgan fingerprint density at radius 1 is 0.207 bits per heavy atom. The van der Waals surface area contributed by atoms with Gasteiger partial charge >= 0.3 is 0 Å². The number of allylic oxidation sites excluding steroid dienone is 8. The van der Waals surface area contributed by atoms with E-state index in [1.165, 1.54) is 135 Å². The summed E-state index contributed by atoms with van der Waals surface area (Å²) in [6, 6.07) is 0. The van der Waals surface area contributed by atoms with E-state index in [0.717, 1.165) is 0 Å². The second-order valence-corrected chi connectivity index (χ2v) is 8.92. The Morgan fingerprint density at radius 3 is 0.690 bits per heavy atom. The molecule has 1 aliphatic rings. The first kappa shape index (κ1) is 26.0. The van der Waals surface area contributed by atoms with Gasteiger partial charge in [-0.15, -0.1) is 0 Å². The third-order valence-corrected chi connectivity index (χ3v) is 6.07. The molecular formula is C29H50. The summed E-state index contributed by atoms with van der Waals surface area (Å²) in [6.45, 7) is 0. The van der Waals surface area contributed by atoms with Crippen LogP contribution in [0.3, 0.4) is 0 Å². The zero-order valence-corrected chi connectivity index (χ0v) is 19.5. The minimum atomic E-state index is 1.23. The molecule has 0 saturated heterocycles. The summed E-state index contributed by atoms with van der Waals surface area (Å²) in [6.07, 6.45) is 47.5. The van der Waals surface area contributed by atoms with Crippen LogP contribution < -0.4 is 0 Å². The van der Waals surface area contributed by atoms with Crippen molar-refractivity contribution in [3.63, 3.8) is 0 Å². The van der Waals surface area contributed by atoms with Crippen molar-refractivity contribution in [3.8, 4) is 0 Å². The maximum atomic E-state index is 2.32. The van der Waals surface area contributed by atoms with Crippen molar-refractivity contribution in [1.29, 1.82) is 0 Å². The van der Waals surface area contributed by atoms with Gasteiger partial charge in [-0.3, -0.25) is 0 Å². The fourth-order valence-electron chi connectivity index (χ4n) is 4.14. The smallest absolute Gasteiger partial charge is 0.0348 e. The number of hydrogen-bond acceptors (Lipinski definition) is 0. The normalized spacial score (nSPS) is 25.1. The first-order valence-electron chi connectivity index (χ1n) is 13.1. The summed E-state index contributed by atoms with van der Waals surface area (Å²) in [5, 5.41) is 0. The van der Waals surface area contributed by atoms with Crippen LogP contribution in [0.15, 0.2) is 48.6 Å². The van der Waals surface area contributed by atoms with Gasteiger partial charge in [-0.2, -0.15) is 0 Å². The molecule has 0 heterocycles. The molecule has 166 valence electrons. The Bertz CT molecular complexity index is 383. The van der Waals surface area contributed by atoms with Crippen molar-refractivity contribution in [2.45, 2.75) is 135 Å². The van der Waals surface area contributed by atoms with Crippen molar-refractivity contribution >= 4 is 0 Å². The number of hydrogen-bond donors (Lipinski definition) is 0. The maximum absolute atomic E-state index is 2.32. The highest BCUT2D eigenvalue weighted by Crippen LogP contribution is 2.15. The van der Waals surface area contributed by atoms with Gasteiger partial charge in [-0.25, -0.2) is 0 Å². The van der Waals surface area contributed by atoms with E-state index in [9.17, 15) is 0 Å². The predicted molar refractivity (Wildman–Crippen MR) is 134 cm³/mol. The van der Waals surface area contributed by atoms with Gasteiger partial charge < -0.3 is 0 Å². The molecule has 0 spiro atoms. The lowest BCUT2D eigenvalue weighted by atomic mass is 10.0. The number of rotatable bonds is 0.